The molecule has 0 saturated heterocycles. The molecule has 25 heavy (non-hydrogen) atoms. The molecule has 3 heterocycles. The Morgan fingerprint density at radius 3 is 2.96 bits per heavy atom. The number of amides is 1. The van der Waals surface area contributed by atoms with Crippen LogP contribution in [0.25, 0.3) is 5.65 Å². The Morgan fingerprint density at radius 1 is 1.24 bits per heavy atom. The summed E-state index contributed by atoms with van der Waals surface area (Å²) in [6.45, 7) is -2.30. The fourth-order valence-electron chi connectivity index (χ4n) is 3.07. The van der Waals surface area contributed by atoms with Crippen LogP contribution < -0.4 is 9.64 Å². The van der Waals surface area contributed by atoms with E-state index >= 15 is 0 Å². The lowest BCUT2D eigenvalue weighted by Crippen LogP contribution is -2.35. The first-order valence-electron chi connectivity index (χ1n) is 7.81. The standard InChI is InChI=1S/C17H14F2N4O2/c18-17(19)25-13-4-5-14-11(8-13)2-1-7-23(14)16(24)12-3-6-15-21-20-10-22(15)9-12/h3-6,8-10,17H,1-2,7H2. The number of pyridine rings is 1. The zero-order valence-electron chi connectivity index (χ0n) is 13.1. The summed E-state index contributed by atoms with van der Waals surface area (Å²) in [5.74, 6) is -0.0481. The van der Waals surface area contributed by atoms with Crippen molar-refractivity contribution in [2.75, 3.05) is 11.4 Å². The number of aromatic nitrogens is 3. The van der Waals surface area contributed by atoms with Crippen molar-refractivity contribution in [3.8, 4) is 5.75 Å². The van der Waals surface area contributed by atoms with E-state index in [1.54, 1.807) is 39.8 Å². The normalized spacial score (nSPS) is 14.0. The number of anilines is 1. The van der Waals surface area contributed by atoms with Crippen molar-refractivity contribution < 1.29 is 18.3 Å². The maximum atomic E-state index is 12.9. The first-order valence-corrected chi connectivity index (χ1v) is 7.81. The molecule has 128 valence electrons. The molecule has 0 atom stereocenters. The van der Waals surface area contributed by atoms with E-state index in [-0.39, 0.29) is 11.7 Å². The number of hydrogen-bond acceptors (Lipinski definition) is 4. The first kappa shape index (κ1) is 15.5. The number of halogens is 2. The molecule has 0 aliphatic carbocycles. The van der Waals surface area contributed by atoms with E-state index in [9.17, 15) is 13.6 Å². The number of alkyl halides is 2. The summed E-state index contributed by atoms with van der Waals surface area (Å²) in [7, 11) is 0. The van der Waals surface area contributed by atoms with Crippen LogP contribution in [0.1, 0.15) is 22.3 Å². The monoisotopic (exact) mass is 344 g/mol. The number of ether oxygens (including phenoxy) is 1. The van der Waals surface area contributed by atoms with Gasteiger partial charge in [0.2, 0.25) is 0 Å². The van der Waals surface area contributed by atoms with Gasteiger partial charge in [-0.2, -0.15) is 8.78 Å². The Balaban J connectivity index is 1.66. The van der Waals surface area contributed by atoms with Crippen molar-refractivity contribution in [2.45, 2.75) is 19.5 Å². The molecular formula is C17H14F2N4O2. The van der Waals surface area contributed by atoms with E-state index in [1.807, 2.05) is 0 Å². The van der Waals surface area contributed by atoms with E-state index in [0.717, 1.165) is 17.7 Å². The van der Waals surface area contributed by atoms with E-state index in [0.29, 0.717) is 24.2 Å². The van der Waals surface area contributed by atoms with Crippen molar-refractivity contribution in [1.29, 1.82) is 0 Å². The van der Waals surface area contributed by atoms with Crippen molar-refractivity contribution in [3.63, 3.8) is 0 Å². The van der Waals surface area contributed by atoms with Gasteiger partial charge in [0, 0.05) is 18.4 Å². The van der Waals surface area contributed by atoms with Crippen molar-refractivity contribution in [3.05, 3.63) is 54.0 Å². The Bertz CT molecular complexity index is 941. The molecule has 0 bridgehead atoms. The Labute approximate surface area is 141 Å². The summed E-state index contributed by atoms with van der Waals surface area (Å²) < 4.78 is 30.9. The largest absolute Gasteiger partial charge is 0.435 e. The average Bonchev–Trinajstić information content (AvgIpc) is 3.07. The topological polar surface area (TPSA) is 59.7 Å². The zero-order chi connectivity index (χ0) is 17.4. The van der Waals surface area contributed by atoms with Gasteiger partial charge in [-0.1, -0.05) is 0 Å². The molecule has 0 saturated carbocycles. The lowest BCUT2D eigenvalue weighted by atomic mass is 10.0. The van der Waals surface area contributed by atoms with E-state index < -0.39 is 6.61 Å². The molecule has 1 amide bonds. The van der Waals surface area contributed by atoms with Gasteiger partial charge in [0.1, 0.15) is 12.1 Å². The highest BCUT2D eigenvalue weighted by Crippen LogP contribution is 2.32. The predicted molar refractivity (Wildman–Crippen MR) is 86.1 cm³/mol. The molecule has 6 nitrogen and oxygen atoms in total. The van der Waals surface area contributed by atoms with E-state index in [2.05, 4.69) is 14.9 Å². The highest BCUT2D eigenvalue weighted by atomic mass is 19.3. The number of nitrogens with zero attached hydrogens (tertiary/aromatic N) is 4. The smallest absolute Gasteiger partial charge is 0.387 e. The summed E-state index contributed by atoms with van der Waals surface area (Å²) in [4.78, 5) is 14.6. The molecule has 2 aromatic heterocycles. The average molecular weight is 344 g/mol. The Kier molecular flexibility index (Phi) is 3.79. The highest BCUT2D eigenvalue weighted by molar-refractivity contribution is 6.06. The van der Waals surface area contributed by atoms with Crippen LogP contribution in [0, 0.1) is 0 Å². The molecule has 1 aliphatic heterocycles. The fourth-order valence-corrected chi connectivity index (χ4v) is 3.07. The predicted octanol–water partition coefficient (Wildman–Crippen LogP) is 2.92. The molecule has 0 N–H and O–H groups in total. The lowest BCUT2D eigenvalue weighted by molar-refractivity contribution is -0.0498. The third-order valence-corrected chi connectivity index (χ3v) is 4.18. The molecule has 4 rings (SSSR count). The number of carbonyl (C=O) groups is 1. The van der Waals surface area contributed by atoms with Crippen LogP contribution in [0.3, 0.4) is 0 Å². The first-order chi connectivity index (χ1) is 12.1. The molecule has 0 spiro atoms. The molecule has 3 aromatic rings. The number of carbonyl (C=O) groups excluding carboxylic acids is 1. The van der Waals surface area contributed by atoms with Gasteiger partial charge in [-0.25, -0.2) is 0 Å². The van der Waals surface area contributed by atoms with Crippen LogP contribution in [0.5, 0.6) is 5.75 Å². The van der Waals surface area contributed by atoms with Gasteiger partial charge in [-0.3, -0.25) is 9.20 Å². The number of fused-ring (bicyclic) bond motifs is 2. The van der Waals surface area contributed by atoms with Crippen LogP contribution in [0.4, 0.5) is 14.5 Å². The summed E-state index contributed by atoms with van der Waals surface area (Å²) in [6, 6.07) is 8.12. The number of benzene rings is 1. The second kappa shape index (κ2) is 6.12. The van der Waals surface area contributed by atoms with Gasteiger partial charge < -0.3 is 9.64 Å². The third kappa shape index (κ3) is 2.90. The fraction of sp³-hybridized carbons (Fsp3) is 0.235. The van der Waals surface area contributed by atoms with Crippen molar-refractivity contribution >= 4 is 17.2 Å². The van der Waals surface area contributed by atoms with E-state index in [1.165, 1.54) is 12.4 Å². The maximum absolute atomic E-state index is 12.9. The zero-order valence-corrected chi connectivity index (χ0v) is 13.1. The lowest BCUT2D eigenvalue weighted by Gasteiger charge is -2.30. The Hall–Kier alpha value is -3.03. The van der Waals surface area contributed by atoms with Gasteiger partial charge in [0.15, 0.2) is 5.65 Å². The van der Waals surface area contributed by atoms with Gasteiger partial charge in [0.25, 0.3) is 5.91 Å². The minimum Gasteiger partial charge on any atom is -0.435 e. The van der Waals surface area contributed by atoms with Gasteiger partial charge in [-0.05, 0) is 48.7 Å². The summed E-state index contributed by atoms with van der Waals surface area (Å²) >= 11 is 0. The highest BCUT2D eigenvalue weighted by Gasteiger charge is 2.24. The van der Waals surface area contributed by atoms with Gasteiger partial charge in [-0.15, -0.1) is 10.2 Å². The molecule has 1 aliphatic rings. The van der Waals surface area contributed by atoms with Crippen molar-refractivity contribution in [2.24, 2.45) is 0 Å². The number of aryl methyl sites for hydroxylation is 1. The van der Waals surface area contributed by atoms with E-state index in [4.69, 9.17) is 0 Å². The quantitative estimate of drug-likeness (QED) is 0.733. The molecule has 1 aromatic carbocycles. The summed E-state index contributed by atoms with van der Waals surface area (Å²) in [5, 5.41) is 7.71. The van der Waals surface area contributed by atoms with Crippen LogP contribution >= 0.6 is 0 Å². The third-order valence-electron chi connectivity index (χ3n) is 4.18. The number of hydrogen-bond donors (Lipinski definition) is 0. The SMILES string of the molecule is O=C(c1ccc2nncn2c1)N1CCCc2cc(OC(F)F)ccc21. The second-order valence-corrected chi connectivity index (χ2v) is 5.74. The second-order valence-electron chi connectivity index (χ2n) is 5.74. The Morgan fingerprint density at radius 2 is 2.12 bits per heavy atom. The van der Waals surface area contributed by atoms with Crippen LogP contribution in [0.2, 0.25) is 0 Å². The van der Waals surface area contributed by atoms with Crippen LogP contribution in [-0.2, 0) is 6.42 Å². The minimum absolute atomic E-state index is 0.106. The summed E-state index contributed by atoms with van der Waals surface area (Å²) in [5.41, 5.74) is 2.71. The van der Waals surface area contributed by atoms with Crippen LogP contribution in [-0.4, -0.2) is 33.7 Å². The maximum Gasteiger partial charge on any atom is 0.387 e. The minimum atomic E-state index is -2.87. The summed E-state index contributed by atoms with van der Waals surface area (Å²) in [6.07, 6.45) is 4.68. The molecule has 0 unspecified atom stereocenters. The van der Waals surface area contributed by atoms with Crippen molar-refractivity contribution in [1.82, 2.24) is 14.6 Å². The molecule has 0 fully saturated rings. The molecular weight excluding hydrogens is 330 g/mol. The van der Waals surface area contributed by atoms with Gasteiger partial charge in [0.05, 0.1) is 5.56 Å². The van der Waals surface area contributed by atoms with Crippen LogP contribution in [0.15, 0.2) is 42.9 Å². The van der Waals surface area contributed by atoms with Gasteiger partial charge >= 0.3 is 6.61 Å². The number of rotatable bonds is 3. The molecule has 8 heteroatoms. The molecule has 0 radical (unpaired) electrons.